The van der Waals surface area contributed by atoms with Gasteiger partial charge in [0.15, 0.2) is 0 Å². The lowest BCUT2D eigenvalue weighted by Crippen LogP contribution is -1.89. The molecule has 0 bridgehead atoms. The van der Waals surface area contributed by atoms with Gasteiger partial charge in [-0.05, 0) is 49.2 Å². The average Bonchev–Trinajstić information content (AvgIpc) is 2.20. The molecule has 0 saturated carbocycles. The lowest BCUT2D eigenvalue weighted by atomic mass is 10.0. The van der Waals surface area contributed by atoms with Crippen molar-refractivity contribution in [2.75, 3.05) is 0 Å². The Labute approximate surface area is 141 Å². The Morgan fingerprint density at radius 2 is 0.778 bits per heavy atom. The second-order valence-corrected chi connectivity index (χ2v) is 7.62. The normalized spacial score (nSPS) is 10.8. The first-order valence-electron chi connectivity index (χ1n) is 5.32. The molecular weight excluding hydrogens is 488 g/mol. The van der Waals surface area contributed by atoms with Crippen molar-refractivity contribution in [1.29, 1.82) is 0 Å². The van der Waals surface area contributed by atoms with E-state index in [1.165, 1.54) is 11.1 Å². The van der Waals surface area contributed by atoms with Crippen LogP contribution in [0.25, 0.3) is 11.1 Å². The lowest BCUT2D eigenvalue weighted by Gasteiger charge is -2.14. The standard InChI is InChI=1S/C14H10Br4/c1-7-3-9(15)13(10(16)4-7)14-11(17)5-8(2)6-12(14)18/h3-6H,1-2H3. The molecule has 18 heavy (non-hydrogen) atoms. The van der Waals surface area contributed by atoms with Gasteiger partial charge in [0.25, 0.3) is 0 Å². The van der Waals surface area contributed by atoms with E-state index in [2.05, 4.69) is 102 Å². The topological polar surface area (TPSA) is 0 Å². The highest BCUT2D eigenvalue weighted by atomic mass is 79.9. The zero-order valence-corrected chi connectivity index (χ0v) is 16.2. The predicted molar refractivity (Wildman–Crippen MR) is 92.2 cm³/mol. The van der Waals surface area contributed by atoms with Gasteiger partial charge in [-0.3, -0.25) is 0 Å². The van der Waals surface area contributed by atoms with E-state index < -0.39 is 0 Å². The fourth-order valence-electron chi connectivity index (χ4n) is 1.88. The molecule has 0 unspecified atom stereocenters. The smallest absolute Gasteiger partial charge is 0.0268 e. The van der Waals surface area contributed by atoms with Crippen LogP contribution in [0.4, 0.5) is 0 Å². The first kappa shape index (κ1) is 14.8. The largest absolute Gasteiger partial charge is 0.0501 e. The molecule has 0 aromatic heterocycles. The Hall–Kier alpha value is 0.360. The molecule has 0 radical (unpaired) electrons. The molecule has 2 aromatic rings. The minimum absolute atomic E-state index is 1.08. The van der Waals surface area contributed by atoms with E-state index in [1.54, 1.807) is 0 Å². The van der Waals surface area contributed by atoms with Crippen LogP contribution in [0.1, 0.15) is 11.1 Å². The summed E-state index contributed by atoms with van der Waals surface area (Å²) in [4.78, 5) is 0. The number of benzene rings is 2. The summed E-state index contributed by atoms with van der Waals surface area (Å²) in [6, 6.07) is 8.50. The molecule has 0 fully saturated rings. The molecule has 0 aliphatic heterocycles. The molecule has 2 rings (SSSR count). The van der Waals surface area contributed by atoms with Crippen molar-refractivity contribution in [2.24, 2.45) is 0 Å². The van der Waals surface area contributed by atoms with Gasteiger partial charge in [-0.2, -0.15) is 0 Å². The van der Waals surface area contributed by atoms with Crippen molar-refractivity contribution in [3.8, 4) is 11.1 Å². The Kier molecular flexibility index (Phi) is 4.74. The minimum Gasteiger partial charge on any atom is -0.0501 e. The summed E-state index contributed by atoms with van der Waals surface area (Å²) in [7, 11) is 0. The predicted octanol–water partition coefficient (Wildman–Crippen LogP) is 7.02. The van der Waals surface area contributed by atoms with E-state index in [4.69, 9.17) is 0 Å². The van der Waals surface area contributed by atoms with Gasteiger partial charge < -0.3 is 0 Å². The molecule has 0 atom stereocenters. The summed E-state index contributed by atoms with van der Waals surface area (Å²) < 4.78 is 4.33. The summed E-state index contributed by atoms with van der Waals surface area (Å²) in [5, 5.41) is 0. The number of aryl methyl sites for hydroxylation is 2. The molecule has 4 heteroatoms. The molecule has 94 valence electrons. The second-order valence-electron chi connectivity index (χ2n) is 4.21. The molecule has 0 saturated heterocycles. The van der Waals surface area contributed by atoms with Gasteiger partial charge in [0.1, 0.15) is 0 Å². The summed E-state index contributed by atoms with van der Waals surface area (Å²) >= 11 is 14.6. The van der Waals surface area contributed by atoms with E-state index in [1.807, 2.05) is 0 Å². The van der Waals surface area contributed by atoms with Crippen molar-refractivity contribution >= 4 is 63.7 Å². The van der Waals surface area contributed by atoms with Crippen LogP contribution in [0.2, 0.25) is 0 Å². The Bertz CT molecular complexity index is 516. The van der Waals surface area contributed by atoms with E-state index >= 15 is 0 Å². The van der Waals surface area contributed by atoms with Gasteiger partial charge in [-0.1, -0.05) is 63.7 Å². The van der Waals surface area contributed by atoms with Crippen LogP contribution in [-0.2, 0) is 0 Å². The first-order valence-corrected chi connectivity index (χ1v) is 8.49. The van der Waals surface area contributed by atoms with Crippen LogP contribution in [-0.4, -0.2) is 0 Å². The van der Waals surface area contributed by atoms with Crippen molar-refractivity contribution in [3.63, 3.8) is 0 Å². The summed E-state index contributed by atoms with van der Waals surface area (Å²) in [5.41, 5.74) is 4.74. The van der Waals surface area contributed by atoms with Crippen molar-refractivity contribution < 1.29 is 0 Å². The monoisotopic (exact) mass is 494 g/mol. The molecule has 0 amide bonds. The first-order chi connectivity index (χ1) is 8.40. The third-order valence-electron chi connectivity index (χ3n) is 2.62. The molecule has 0 N–H and O–H groups in total. The quantitative estimate of drug-likeness (QED) is 0.397. The third kappa shape index (κ3) is 2.92. The number of rotatable bonds is 1. The zero-order valence-electron chi connectivity index (χ0n) is 9.82. The van der Waals surface area contributed by atoms with Crippen molar-refractivity contribution in [2.45, 2.75) is 13.8 Å². The fraction of sp³-hybridized carbons (Fsp3) is 0.143. The molecule has 0 aliphatic rings. The van der Waals surface area contributed by atoms with Crippen LogP contribution in [0.3, 0.4) is 0 Å². The van der Waals surface area contributed by atoms with E-state index in [0.29, 0.717) is 0 Å². The van der Waals surface area contributed by atoms with Gasteiger partial charge in [-0.15, -0.1) is 0 Å². The maximum atomic E-state index is 3.65. The second kappa shape index (κ2) is 5.78. The minimum atomic E-state index is 1.08. The Morgan fingerprint density at radius 1 is 0.556 bits per heavy atom. The number of halogens is 4. The average molecular weight is 498 g/mol. The molecule has 2 aromatic carbocycles. The number of hydrogen-bond acceptors (Lipinski definition) is 0. The van der Waals surface area contributed by atoms with Crippen LogP contribution in [0.15, 0.2) is 42.2 Å². The molecule has 0 nitrogen and oxygen atoms in total. The van der Waals surface area contributed by atoms with E-state index in [-0.39, 0.29) is 0 Å². The highest BCUT2D eigenvalue weighted by Crippen LogP contribution is 2.43. The highest BCUT2D eigenvalue weighted by Gasteiger charge is 2.15. The summed E-state index contributed by atoms with van der Waals surface area (Å²) in [6.45, 7) is 4.16. The van der Waals surface area contributed by atoms with E-state index in [0.717, 1.165) is 29.0 Å². The molecule has 0 heterocycles. The van der Waals surface area contributed by atoms with Gasteiger partial charge in [0, 0.05) is 29.0 Å². The maximum absolute atomic E-state index is 3.65. The Balaban J connectivity index is 2.78. The van der Waals surface area contributed by atoms with E-state index in [9.17, 15) is 0 Å². The summed E-state index contributed by atoms with van der Waals surface area (Å²) in [6.07, 6.45) is 0. The van der Waals surface area contributed by atoms with Gasteiger partial charge in [0.05, 0.1) is 0 Å². The zero-order chi connectivity index (χ0) is 13.4. The Morgan fingerprint density at radius 3 is 1.00 bits per heavy atom. The van der Waals surface area contributed by atoms with Crippen LogP contribution >= 0.6 is 63.7 Å². The van der Waals surface area contributed by atoms with Crippen molar-refractivity contribution in [1.82, 2.24) is 0 Å². The maximum Gasteiger partial charge on any atom is 0.0268 e. The SMILES string of the molecule is Cc1cc(Br)c(-c2c(Br)cc(C)cc2Br)c(Br)c1. The third-order valence-corrected chi connectivity index (χ3v) is 5.12. The lowest BCUT2D eigenvalue weighted by molar-refractivity contribution is 1.39. The fourth-order valence-corrected chi connectivity index (χ4v) is 5.50. The van der Waals surface area contributed by atoms with Crippen LogP contribution in [0, 0.1) is 13.8 Å². The summed E-state index contributed by atoms with van der Waals surface area (Å²) in [5.74, 6) is 0. The molecule has 0 spiro atoms. The van der Waals surface area contributed by atoms with Gasteiger partial charge in [0.2, 0.25) is 0 Å². The van der Waals surface area contributed by atoms with Crippen LogP contribution in [0.5, 0.6) is 0 Å². The molecular formula is C14H10Br4. The van der Waals surface area contributed by atoms with Gasteiger partial charge in [-0.25, -0.2) is 0 Å². The molecule has 0 aliphatic carbocycles. The van der Waals surface area contributed by atoms with Gasteiger partial charge >= 0.3 is 0 Å². The highest BCUT2D eigenvalue weighted by molar-refractivity contribution is 9.11. The van der Waals surface area contributed by atoms with Crippen molar-refractivity contribution in [3.05, 3.63) is 53.3 Å². The number of hydrogen-bond donors (Lipinski definition) is 0. The van der Waals surface area contributed by atoms with Crippen LogP contribution < -0.4 is 0 Å².